The van der Waals surface area contributed by atoms with Gasteiger partial charge in [-0.15, -0.1) is 0 Å². The van der Waals surface area contributed by atoms with Crippen LogP contribution in [0.1, 0.15) is 49.9 Å². The normalized spacial score (nSPS) is 14.5. The van der Waals surface area contributed by atoms with Gasteiger partial charge in [-0.2, -0.15) is 0 Å². The van der Waals surface area contributed by atoms with E-state index < -0.39 is 0 Å². The van der Waals surface area contributed by atoms with Crippen molar-refractivity contribution in [2.75, 3.05) is 0 Å². The molecule has 0 saturated carbocycles. The van der Waals surface area contributed by atoms with Crippen LogP contribution in [-0.2, 0) is 10.8 Å². The van der Waals surface area contributed by atoms with E-state index >= 15 is 0 Å². The van der Waals surface area contributed by atoms with Crippen molar-refractivity contribution in [3.8, 4) is 55.6 Å². The maximum Gasteiger partial charge on any atom is 0.143 e. The number of benzene rings is 10. The molecule has 0 spiro atoms. The number of rotatable bonds is 3. The molecule has 288 valence electrons. The van der Waals surface area contributed by atoms with Crippen LogP contribution in [0.2, 0.25) is 0 Å². The monoisotopic (exact) mass is 778 g/mol. The van der Waals surface area contributed by atoms with Crippen molar-refractivity contribution < 1.29 is 4.42 Å². The molecule has 0 bridgehead atoms. The van der Waals surface area contributed by atoms with E-state index in [0.717, 1.165) is 11.2 Å². The average molecular weight is 779 g/mol. The molecule has 0 N–H and O–H groups in total. The predicted octanol–water partition coefficient (Wildman–Crippen LogP) is 16.7. The van der Waals surface area contributed by atoms with Crippen LogP contribution >= 0.6 is 0 Å². The lowest BCUT2D eigenvalue weighted by molar-refractivity contribution is 0.660. The molecule has 0 aliphatic heterocycles. The lowest BCUT2D eigenvalue weighted by Crippen LogP contribution is -2.15. The molecule has 61 heavy (non-hydrogen) atoms. The Hall–Kier alpha value is -7.22. The lowest BCUT2D eigenvalue weighted by atomic mass is 9.79. The summed E-state index contributed by atoms with van der Waals surface area (Å²) in [5.74, 6) is 0. The summed E-state index contributed by atoms with van der Waals surface area (Å²) in [6, 6.07) is 68.0. The Morgan fingerprint density at radius 3 is 1.51 bits per heavy atom. The van der Waals surface area contributed by atoms with Crippen molar-refractivity contribution in [3.05, 3.63) is 204 Å². The van der Waals surface area contributed by atoms with Gasteiger partial charge in [-0.1, -0.05) is 167 Å². The van der Waals surface area contributed by atoms with Crippen LogP contribution in [0.15, 0.2) is 186 Å². The fourth-order valence-corrected chi connectivity index (χ4v) is 11.4. The Kier molecular flexibility index (Phi) is 6.91. The van der Waals surface area contributed by atoms with Crippen molar-refractivity contribution >= 4 is 54.3 Å². The molecule has 2 aliphatic rings. The Morgan fingerprint density at radius 2 is 0.820 bits per heavy atom. The van der Waals surface area contributed by atoms with Crippen LogP contribution in [0.4, 0.5) is 0 Å². The Balaban J connectivity index is 0.917. The van der Waals surface area contributed by atoms with Gasteiger partial charge in [0, 0.05) is 27.0 Å². The summed E-state index contributed by atoms with van der Waals surface area (Å²) in [5.41, 5.74) is 20.0. The first-order valence-corrected chi connectivity index (χ1v) is 21.6. The summed E-state index contributed by atoms with van der Waals surface area (Å²) in [4.78, 5) is 0. The van der Waals surface area contributed by atoms with Gasteiger partial charge in [-0.25, -0.2) is 0 Å². The first kappa shape index (κ1) is 34.6. The number of fused-ring (bicyclic) bond motifs is 13. The zero-order valence-electron chi connectivity index (χ0n) is 34.7. The van der Waals surface area contributed by atoms with E-state index in [1.807, 2.05) is 0 Å². The van der Waals surface area contributed by atoms with E-state index in [-0.39, 0.29) is 10.8 Å². The molecule has 0 unspecified atom stereocenters. The van der Waals surface area contributed by atoms with Gasteiger partial charge >= 0.3 is 0 Å². The van der Waals surface area contributed by atoms with Gasteiger partial charge in [0.2, 0.25) is 0 Å². The van der Waals surface area contributed by atoms with Crippen LogP contribution in [0.3, 0.4) is 0 Å². The van der Waals surface area contributed by atoms with Crippen LogP contribution in [0.25, 0.3) is 110 Å². The first-order chi connectivity index (χ1) is 29.8. The Bertz CT molecular complexity index is 3630. The van der Waals surface area contributed by atoms with Crippen molar-refractivity contribution in [3.63, 3.8) is 0 Å². The van der Waals surface area contributed by atoms with Gasteiger partial charge < -0.3 is 4.42 Å². The molecule has 0 atom stereocenters. The van der Waals surface area contributed by atoms with E-state index in [1.165, 1.54) is 121 Å². The van der Waals surface area contributed by atoms with Gasteiger partial charge in [0.05, 0.1) is 0 Å². The Morgan fingerprint density at radius 1 is 0.311 bits per heavy atom. The fraction of sp³-hybridized carbons (Fsp3) is 0.100. The second kappa shape index (κ2) is 12.2. The van der Waals surface area contributed by atoms with Gasteiger partial charge in [-0.05, 0) is 147 Å². The zero-order valence-corrected chi connectivity index (χ0v) is 34.7. The highest BCUT2D eigenvalue weighted by Gasteiger charge is 2.38. The SMILES string of the molecule is CC1(C)c2cc(-c3ccc4c(c3)-c3cc5ccc6c7ccccc7oc6c5cc3C4(C)C)ccc2-c2ccc(-c3c4ccccc4c(-c4ccccc4)c4ccccc34)cc21. The molecule has 2 aliphatic carbocycles. The van der Waals surface area contributed by atoms with Crippen LogP contribution in [0, 0.1) is 0 Å². The van der Waals surface area contributed by atoms with E-state index in [4.69, 9.17) is 4.42 Å². The molecule has 13 rings (SSSR count). The fourth-order valence-electron chi connectivity index (χ4n) is 11.4. The molecule has 0 amide bonds. The van der Waals surface area contributed by atoms with Crippen molar-refractivity contribution in [2.24, 2.45) is 0 Å². The van der Waals surface area contributed by atoms with Crippen LogP contribution < -0.4 is 0 Å². The maximum atomic E-state index is 6.51. The molecule has 0 fully saturated rings. The smallest absolute Gasteiger partial charge is 0.143 e. The van der Waals surface area contributed by atoms with Crippen molar-refractivity contribution in [1.29, 1.82) is 0 Å². The summed E-state index contributed by atoms with van der Waals surface area (Å²) in [7, 11) is 0. The standard InChI is InChI=1S/C60H42O/c1-59(2)51-29-25-36(30-49(51)50-31-38-23-28-47-42-16-12-13-21-55(42)61-58(47)48(38)34-54(50)59)37-22-26-40-41-27-24-39(33-53(41)60(3,4)52(40)32-37)57-45-19-10-8-17-43(45)56(35-14-6-5-7-15-35)44-18-9-11-20-46(44)57/h5-34H,1-4H3. The minimum atomic E-state index is -0.182. The van der Waals surface area contributed by atoms with E-state index in [2.05, 4.69) is 210 Å². The van der Waals surface area contributed by atoms with Gasteiger partial charge in [0.25, 0.3) is 0 Å². The summed E-state index contributed by atoms with van der Waals surface area (Å²) in [5, 5.41) is 9.88. The molecule has 1 aromatic heterocycles. The zero-order chi connectivity index (χ0) is 40.8. The van der Waals surface area contributed by atoms with Crippen LogP contribution in [0.5, 0.6) is 0 Å². The molecule has 1 heteroatoms. The third kappa shape index (κ3) is 4.72. The Labute approximate surface area is 355 Å². The topological polar surface area (TPSA) is 13.1 Å². The number of hydrogen-bond donors (Lipinski definition) is 0. The summed E-state index contributed by atoms with van der Waals surface area (Å²) >= 11 is 0. The summed E-state index contributed by atoms with van der Waals surface area (Å²) in [6.07, 6.45) is 0. The van der Waals surface area contributed by atoms with Crippen molar-refractivity contribution in [2.45, 2.75) is 38.5 Å². The molecule has 0 radical (unpaired) electrons. The predicted molar refractivity (Wildman–Crippen MR) is 258 cm³/mol. The van der Waals surface area contributed by atoms with E-state index in [0.29, 0.717) is 0 Å². The number of furan rings is 1. The minimum Gasteiger partial charge on any atom is -0.455 e. The average Bonchev–Trinajstić information content (AvgIpc) is 3.86. The molecular formula is C60H42O. The molecule has 10 aromatic carbocycles. The third-order valence-electron chi connectivity index (χ3n) is 14.4. The molecule has 11 aromatic rings. The van der Waals surface area contributed by atoms with Gasteiger partial charge in [0.15, 0.2) is 0 Å². The van der Waals surface area contributed by atoms with Gasteiger partial charge in [-0.3, -0.25) is 0 Å². The highest BCUT2D eigenvalue weighted by atomic mass is 16.3. The summed E-state index contributed by atoms with van der Waals surface area (Å²) < 4.78 is 6.51. The maximum absolute atomic E-state index is 6.51. The highest BCUT2D eigenvalue weighted by Crippen LogP contribution is 2.54. The van der Waals surface area contributed by atoms with Gasteiger partial charge in [0.1, 0.15) is 11.2 Å². The van der Waals surface area contributed by atoms with Crippen molar-refractivity contribution in [1.82, 2.24) is 0 Å². The summed E-state index contributed by atoms with van der Waals surface area (Å²) in [6.45, 7) is 9.56. The molecule has 1 heterocycles. The first-order valence-electron chi connectivity index (χ1n) is 21.6. The highest BCUT2D eigenvalue weighted by molar-refractivity contribution is 6.21. The van der Waals surface area contributed by atoms with Crippen LogP contribution in [-0.4, -0.2) is 0 Å². The van der Waals surface area contributed by atoms with E-state index in [1.54, 1.807) is 0 Å². The second-order valence-corrected chi connectivity index (χ2v) is 18.4. The van der Waals surface area contributed by atoms with E-state index in [9.17, 15) is 0 Å². The third-order valence-corrected chi connectivity index (χ3v) is 14.4. The number of hydrogen-bond acceptors (Lipinski definition) is 1. The lowest BCUT2D eigenvalue weighted by Gasteiger charge is -2.24. The minimum absolute atomic E-state index is 0.136. The molecule has 0 saturated heterocycles. The molecular weight excluding hydrogens is 737 g/mol. The molecule has 1 nitrogen and oxygen atoms in total. The number of para-hydroxylation sites is 1. The second-order valence-electron chi connectivity index (χ2n) is 18.4. The largest absolute Gasteiger partial charge is 0.455 e. The quantitative estimate of drug-likeness (QED) is 0.163.